The fraction of sp³-hybridized carbons (Fsp3) is 0.258. The molecule has 1 aliphatic rings. The Morgan fingerprint density at radius 1 is 0.864 bits per heavy atom. The van der Waals surface area contributed by atoms with Crippen LogP contribution >= 0.6 is 0 Å². The molecule has 0 aliphatic heterocycles. The van der Waals surface area contributed by atoms with Gasteiger partial charge in [-0.3, -0.25) is 14.4 Å². The maximum Gasteiger partial charge on any atom is 0.416 e. The van der Waals surface area contributed by atoms with Gasteiger partial charge in [0, 0.05) is 29.7 Å². The third-order valence-electron chi connectivity index (χ3n) is 6.92. The van der Waals surface area contributed by atoms with Gasteiger partial charge in [-0.15, -0.1) is 0 Å². The molecule has 0 bridgehead atoms. The molecule has 3 aromatic rings. The summed E-state index contributed by atoms with van der Waals surface area (Å²) in [6.07, 6.45) is -7.63. The van der Waals surface area contributed by atoms with Crippen molar-refractivity contribution < 1.29 is 45.1 Å². The van der Waals surface area contributed by atoms with Gasteiger partial charge >= 0.3 is 12.4 Å². The van der Waals surface area contributed by atoms with Crippen LogP contribution in [0.15, 0.2) is 60.2 Å². The third kappa shape index (κ3) is 8.03. The summed E-state index contributed by atoms with van der Waals surface area (Å²) < 4.78 is 92.4. The molecule has 1 aliphatic carbocycles. The minimum absolute atomic E-state index is 0.0239. The Bertz CT molecular complexity index is 1600. The number of rotatable bonds is 8. The Labute approximate surface area is 247 Å². The highest BCUT2D eigenvalue weighted by Crippen LogP contribution is 2.37. The average molecular weight is 622 g/mol. The number of carbonyl (C=O) groups is 3. The summed E-state index contributed by atoms with van der Waals surface area (Å²) >= 11 is 0. The van der Waals surface area contributed by atoms with Gasteiger partial charge in [-0.05, 0) is 97.5 Å². The lowest BCUT2D eigenvalue weighted by Gasteiger charge is -2.19. The van der Waals surface area contributed by atoms with Crippen molar-refractivity contribution in [2.75, 3.05) is 17.6 Å². The zero-order valence-electron chi connectivity index (χ0n) is 23.0. The zero-order chi connectivity index (χ0) is 32.2. The molecule has 0 heterocycles. The molecule has 6 nitrogen and oxygen atoms in total. The SMILES string of the molecule is Nc1cc(F)ccc1NC(=O)CCCCNC(=O)c1ccc2c(c1)CC/C(=C\c1cc(C(F)(F)F)cc(C(F)(F)F)c1)C2=O. The van der Waals surface area contributed by atoms with Crippen molar-refractivity contribution in [3.8, 4) is 0 Å². The molecule has 4 N–H and O–H groups in total. The molecule has 0 fully saturated rings. The minimum atomic E-state index is -5.01. The van der Waals surface area contributed by atoms with E-state index in [2.05, 4.69) is 10.6 Å². The highest BCUT2D eigenvalue weighted by molar-refractivity contribution is 6.13. The summed E-state index contributed by atoms with van der Waals surface area (Å²) in [6.45, 7) is 0.255. The number of carbonyl (C=O) groups excluding carboxylic acids is 3. The topological polar surface area (TPSA) is 101 Å². The van der Waals surface area contributed by atoms with Gasteiger partial charge in [0.15, 0.2) is 5.78 Å². The fourth-order valence-corrected chi connectivity index (χ4v) is 4.70. The number of halogens is 7. The maximum atomic E-state index is 13.2. The predicted octanol–water partition coefficient (Wildman–Crippen LogP) is 7.20. The Balaban J connectivity index is 1.34. The van der Waals surface area contributed by atoms with E-state index >= 15 is 0 Å². The van der Waals surface area contributed by atoms with Crippen LogP contribution in [0.1, 0.15) is 68.7 Å². The van der Waals surface area contributed by atoms with Crippen molar-refractivity contribution in [1.29, 1.82) is 0 Å². The van der Waals surface area contributed by atoms with Crippen LogP contribution in [0.2, 0.25) is 0 Å². The standard InChI is InChI=1S/C31H26F7N3O3/c32-23-7-9-26(25(39)16-23)41-27(42)3-1-2-10-40-29(44)20-6-8-24-18(14-20)4-5-19(28(24)43)11-17-12-21(30(33,34)35)15-22(13-17)31(36,37)38/h6-9,11-16H,1-5,10,39H2,(H,40,44)(H,41,42)/b19-11+. The monoisotopic (exact) mass is 621 g/mol. The van der Waals surface area contributed by atoms with Gasteiger partial charge in [0.25, 0.3) is 5.91 Å². The first-order valence-electron chi connectivity index (χ1n) is 13.4. The number of hydrogen-bond acceptors (Lipinski definition) is 4. The van der Waals surface area contributed by atoms with Crippen molar-refractivity contribution in [1.82, 2.24) is 5.32 Å². The van der Waals surface area contributed by atoms with Crippen LogP contribution in [0, 0.1) is 5.82 Å². The number of unbranched alkanes of at least 4 members (excludes halogenated alkanes) is 1. The summed E-state index contributed by atoms with van der Waals surface area (Å²) in [5, 5.41) is 5.31. The van der Waals surface area contributed by atoms with Gasteiger partial charge in [-0.1, -0.05) is 0 Å². The highest BCUT2D eigenvalue weighted by atomic mass is 19.4. The lowest BCUT2D eigenvalue weighted by Crippen LogP contribution is -2.25. The van der Waals surface area contributed by atoms with E-state index in [9.17, 15) is 45.1 Å². The molecule has 0 saturated heterocycles. The number of nitrogens with two attached hydrogens (primary N) is 1. The van der Waals surface area contributed by atoms with Crippen LogP contribution in [0.25, 0.3) is 6.08 Å². The number of nitrogens with one attached hydrogen (secondary N) is 2. The number of alkyl halides is 6. The number of amides is 2. The smallest absolute Gasteiger partial charge is 0.397 e. The Morgan fingerprint density at radius 2 is 1.55 bits per heavy atom. The molecule has 2 amide bonds. The van der Waals surface area contributed by atoms with E-state index in [1.165, 1.54) is 30.3 Å². The molecule has 232 valence electrons. The second kappa shape index (κ2) is 12.9. The first-order chi connectivity index (χ1) is 20.6. The van der Waals surface area contributed by atoms with Crippen LogP contribution in [0.3, 0.4) is 0 Å². The van der Waals surface area contributed by atoms with Crippen molar-refractivity contribution in [2.24, 2.45) is 0 Å². The summed E-state index contributed by atoms with van der Waals surface area (Å²) in [6, 6.07) is 9.09. The fourth-order valence-electron chi connectivity index (χ4n) is 4.70. The summed E-state index contributed by atoms with van der Waals surface area (Å²) in [5.41, 5.74) is 3.76. The van der Waals surface area contributed by atoms with Crippen LogP contribution in [0.4, 0.5) is 42.1 Å². The van der Waals surface area contributed by atoms with Crippen molar-refractivity contribution in [2.45, 2.75) is 44.5 Å². The van der Waals surface area contributed by atoms with Gasteiger partial charge in [0.2, 0.25) is 5.91 Å². The van der Waals surface area contributed by atoms with Gasteiger partial charge in [0.05, 0.1) is 22.5 Å². The van der Waals surface area contributed by atoms with Crippen molar-refractivity contribution >= 4 is 35.0 Å². The van der Waals surface area contributed by atoms with Crippen LogP contribution in [-0.4, -0.2) is 24.1 Å². The van der Waals surface area contributed by atoms with Gasteiger partial charge in [-0.2, -0.15) is 26.3 Å². The average Bonchev–Trinajstić information content (AvgIpc) is 2.94. The Hall–Kier alpha value is -4.68. The number of anilines is 2. The molecule has 44 heavy (non-hydrogen) atoms. The summed E-state index contributed by atoms with van der Waals surface area (Å²) in [5.74, 6) is -1.82. The number of Topliss-reactive ketones (excluding diaryl/α,β-unsaturated/α-hetero) is 1. The molecule has 13 heteroatoms. The number of fused-ring (bicyclic) bond motifs is 1. The Kier molecular flexibility index (Phi) is 9.45. The molecule has 0 atom stereocenters. The van der Waals surface area contributed by atoms with Gasteiger partial charge in [0.1, 0.15) is 5.82 Å². The lowest BCUT2D eigenvalue weighted by atomic mass is 9.85. The molecule has 0 radical (unpaired) electrons. The molecule has 4 rings (SSSR count). The van der Waals surface area contributed by atoms with E-state index < -0.39 is 46.6 Å². The number of benzene rings is 3. The minimum Gasteiger partial charge on any atom is -0.397 e. The largest absolute Gasteiger partial charge is 0.416 e. The first kappa shape index (κ1) is 32.2. The van der Waals surface area contributed by atoms with Gasteiger partial charge in [-0.25, -0.2) is 4.39 Å². The number of aryl methyl sites for hydroxylation is 1. The molecule has 3 aromatic carbocycles. The van der Waals surface area contributed by atoms with Crippen molar-refractivity contribution in [3.63, 3.8) is 0 Å². The predicted molar refractivity (Wildman–Crippen MR) is 149 cm³/mol. The molecule has 0 spiro atoms. The molecular formula is C31H26F7N3O3. The number of ketones is 1. The van der Waals surface area contributed by atoms with E-state index in [0.29, 0.717) is 36.2 Å². The van der Waals surface area contributed by atoms with Gasteiger partial charge < -0.3 is 16.4 Å². The zero-order valence-corrected chi connectivity index (χ0v) is 23.0. The lowest BCUT2D eigenvalue weighted by molar-refractivity contribution is -0.143. The second-order valence-electron chi connectivity index (χ2n) is 10.2. The van der Waals surface area contributed by atoms with Crippen LogP contribution < -0.4 is 16.4 Å². The van der Waals surface area contributed by atoms with Crippen LogP contribution in [-0.2, 0) is 23.6 Å². The quantitative estimate of drug-likeness (QED) is 0.107. The normalized spacial score (nSPS) is 14.3. The second-order valence-corrected chi connectivity index (χ2v) is 10.2. The van der Waals surface area contributed by atoms with E-state index in [1.807, 2.05) is 0 Å². The highest BCUT2D eigenvalue weighted by Gasteiger charge is 2.37. The molecular weight excluding hydrogens is 595 g/mol. The van der Waals surface area contributed by atoms with E-state index in [4.69, 9.17) is 5.73 Å². The van der Waals surface area contributed by atoms with E-state index in [0.717, 1.165) is 12.1 Å². The first-order valence-corrected chi connectivity index (χ1v) is 13.4. The molecule has 0 aromatic heterocycles. The maximum absolute atomic E-state index is 13.2. The number of allylic oxidation sites excluding steroid dienone is 1. The number of hydrogen-bond donors (Lipinski definition) is 3. The molecule has 0 saturated carbocycles. The summed E-state index contributed by atoms with van der Waals surface area (Å²) in [7, 11) is 0. The van der Waals surface area contributed by atoms with Crippen LogP contribution in [0.5, 0.6) is 0 Å². The van der Waals surface area contributed by atoms with E-state index in [-0.39, 0.29) is 60.2 Å². The number of nitrogen functional groups attached to an aromatic ring is 1. The third-order valence-corrected chi connectivity index (χ3v) is 6.92. The van der Waals surface area contributed by atoms with Crippen molar-refractivity contribution in [3.05, 3.63) is 99.4 Å². The Morgan fingerprint density at radius 3 is 2.18 bits per heavy atom. The molecule has 0 unspecified atom stereocenters. The summed E-state index contributed by atoms with van der Waals surface area (Å²) in [4.78, 5) is 37.8. The van der Waals surface area contributed by atoms with E-state index in [1.54, 1.807) is 0 Å².